The maximum atomic E-state index is 6.18. The monoisotopic (exact) mass is 287 g/mol. The Morgan fingerprint density at radius 2 is 2.17 bits per heavy atom. The van der Waals surface area contributed by atoms with Crippen LogP contribution in [0.4, 0.5) is 0 Å². The topological polar surface area (TPSA) is 19.4 Å². The Kier molecular flexibility index (Phi) is 4.84. The second kappa shape index (κ2) is 6.20. The molecular weight excluding hydrogens is 269 g/mol. The zero-order valence-corrected chi connectivity index (χ0v) is 12.4. The minimum Gasteiger partial charge on any atom is -0.298 e. The van der Waals surface area contributed by atoms with E-state index < -0.39 is 0 Å². The SMILES string of the molecule is CCN1CCN(Cc2cnc(Cl)cc2Cl)CC1C. The molecule has 0 spiro atoms. The summed E-state index contributed by atoms with van der Waals surface area (Å²) in [6.07, 6.45) is 1.78. The van der Waals surface area contributed by atoms with E-state index in [-0.39, 0.29) is 0 Å². The van der Waals surface area contributed by atoms with Crippen molar-refractivity contribution in [1.29, 1.82) is 0 Å². The van der Waals surface area contributed by atoms with Crippen molar-refractivity contribution in [2.75, 3.05) is 26.2 Å². The fourth-order valence-electron chi connectivity index (χ4n) is 2.48. The molecular formula is C13H19Cl2N3. The number of piperazine rings is 1. The van der Waals surface area contributed by atoms with Gasteiger partial charge in [0.2, 0.25) is 0 Å². The molecule has 5 heteroatoms. The van der Waals surface area contributed by atoms with E-state index in [9.17, 15) is 0 Å². The summed E-state index contributed by atoms with van der Waals surface area (Å²) in [6, 6.07) is 2.31. The van der Waals surface area contributed by atoms with Crippen LogP contribution >= 0.6 is 23.2 Å². The number of halogens is 2. The van der Waals surface area contributed by atoms with Crippen LogP contribution in [0.25, 0.3) is 0 Å². The zero-order valence-electron chi connectivity index (χ0n) is 10.9. The van der Waals surface area contributed by atoms with Gasteiger partial charge in [-0.25, -0.2) is 4.98 Å². The summed E-state index contributed by atoms with van der Waals surface area (Å²) < 4.78 is 0. The van der Waals surface area contributed by atoms with Crippen molar-refractivity contribution in [3.05, 3.63) is 28.0 Å². The molecule has 0 saturated carbocycles. The van der Waals surface area contributed by atoms with Gasteiger partial charge in [0.25, 0.3) is 0 Å². The van der Waals surface area contributed by atoms with Crippen molar-refractivity contribution in [2.45, 2.75) is 26.4 Å². The molecule has 1 saturated heterocycles. The second-order valence-electron chi connectivity index (χ2n) is 4.81. The van der Waals surface area contributed by atoms with Crippen LogP contribution in [0.15, 0.2) is 12.3 Å². The molecule has 1 aliphatic heterocycles. The van der Waals surface area contributed by atoms with Crippen molar-refractivity contribution in [3.63, 3.8) is 0 Å². The molecule has 1 unspecified atom stereocenters. The Balaban J connectivity index is 1.98. The molecule has 2 heterocycles. The minimum absolute atomic E-state index is 0.452. The van der Waals surface area contributed by atoms with Crippen LogP contribution in [-0.4, -0.2) is 47.0 Å². The summed E-state index contributed by atoms with van der Waals surface area (Å²) >= 11 is 12.0. The average molecular weight is 288 g/mol. The van der Waals surface area contributed by atoms with Crippen molar-refractivity contribution in [2.24, 2.45) is 0 Å². The minimum atomic E-state index is 0.452. The van der Waals surface area contributed by atoms with Gasteiger partial charge in [-0.3, -0.25) is 9.80 Å². The first-order chi connectivity index (χ1) is 8.60. The van der Waals surface area contributed by atoms with Crippen molar-refractivity contribution in [1.82, 2.24) is 14.8 Å². The summed E-state index contributed by atoms with van der Waals surface area (Å²) in [5.41, 5.74) is 1.05. The summed E-state index contributed by atoms with van der Waals surface area (Å²) in [5, 5.41) is 1.16. The summed E-state index contributed by atoms with van der Waals surface area (Å²) in [4.78, 5) is 9.02. The fourth-order valence-corrected chi connectivity index (χ4v) is 2.90. The number of nitrogens with zero attached hydrogens (tertiary/aromatic N) is 3. The standard InChI is InChI=1S/C13H19Cl2N3/c1-3-18-5-4-17(8-10(18)2)9-11-7-16-13(15)6-12(11)14/h6-7,10H,3-5,8-9H2,1-2H3. The first-order valence-electron chi connectivity index (χ1n) is 6.36. The van der Waals surface area contributed by atoms with Gasteiger partial charge in [0.05, 0.1) is 0 Å². The van der Waals surface area contributed by atoms with Gasteiger partial charge in [0.1, 0.15) is 5.15 Å². The summed E-state index contributed by atoms with van der Waals surface area (Å²) in [7, 11) is 0. The Bertz CT molecular complexity index is 411. The van der Waals surface area contributed by atoms with E-state index in [2.05, 4.69) is 28.6 Å². The van der Waals surface area contributed by atoms with E-state index in [0.29, 0.717) is 16.2 Å². The van der Waals surface area contributed by atoms with Crippen LogP contribution < -0.4 is 0 Å². The van der Waals surface area contributed by atoms with E-state index >= 15 is 0 Å². The quantitative estimate of drug-likeness (QED) is 0.797. The van der Waals surface area contributed by atoms with Crippen LogP contribution in [-0.2, 0) is 6.54 Å². The van der Waals surface area contributed by atoms with E-state index in [4.69, 9.17) is 23.2 Å². The third-order valence-electron chi connectivity index (χ3n) is 3.55. The highest BCUT2D eigenvalue weighted by atomic mass is 35.5. The number of likely N-dealkylation sites (N-methyl/N-ethyl adjacent to an activating group) is 1. The predicted molar refractivity (Wildman–Crippen MR) is 76.2 cm³/mol. The third kappa shape index (κ3) is 3.35. The molecule has 1 fully saturated rings. The molecule has 0 aromatic carbocycles. The van der Waals surface area contributed by atoms with E-state index in [1.54, 1.807) is 12.3 Å². The van der Waals surface area contributed by atoms with E-state index in [0.717, 1.165) is 38.3 Å². The molecule has 0 N–H and O–H groups in total. The van der Waals surface area contributed by atoms with Crippen LogP contribution in [0.3, 0.4) is 0 Å². The normalized spacial score (nSPS) is 22.3. The molecule has 0 amide bonds. The maximum Gasteiger partial charge on any atom is 0.130 e. The maximum absolute atomic E-state index is 6.18. The number of rotatable bonds is 3. The molecule has 100 valence electrons. The predicted octanol–water partition coefficient (Wildman–Crippen LogP) is 2.91. The fraction of sp³-hybridized carbons (Fsp3) is 0.615. The lowest BCUT2D eigenvalue weighted by molar-refractivity contribution is 0.0834. The second-order valence-corrected chi connectivity index (χ2v) is 5.61. The lowest BCUT2D eigenvalue weighted by Crippen LogP contribution is -2.51. The largest absolute Gasteiger partial charge is 0.298 e. The number of hydrogen-bond donors (Lipinski definition) is 0. The Labute approximate surface area is 119 Å². The highest BCUT2D eigenvalue weighted by Gasteiger charge is 2.22. The van der Waals surface area contributed by atoms with Crippen LogP contribution in [0.5, 0.6) is 0 Å². The first-order valence-corrected chi connectivity index (χ1v) is 7.12. The number of hydrogen-bond acceptors (Lipinski definition) is 3. The molecule has 0 radical (unpaired) electrons. The molecule has 1 aliphatic rings. The van der Waals surface area contributed by atoms with Crippen molar-refractivity contribution >= 4 is 23.2 Å². The van der Waals surface area contributed by atoms with Gasteiger partial charge >= 0.3 is 0 Å². The van der Waals surface area contributed by atoms with Crippen molar-refractivity contribution in [3.8, 4) is 0 Å². The molecule has 1 aromatic rings. The van der Waals surface area contributed by atoms with Gasteiger partial charge in [0, 0.05) is 49.0 Å². The van der Waals surface area contributed by atoms with Crippen LogP contribution in [0.2, 0.25) is 10.2 Å². The van der Waals surface area contributed by atoms with Gasteiger partial charge < -0.3 is 0 Å². The van der Waals surface area contributed by atoms with Gasteiger partial charge in [0.15, 0.2) is 0 Å². The molecule has 2 rings (SSSR count). The van der Waals surface area contributed by atoms with E-state index in [1.165, 1.54) is 0 Å². The highest BCUT2D eigenvalue weighted by Crippen LogP contribution is 2.21. The number of pyridine rings is 1. The lowest BCUT2D eigenvalue weighted by Gasteiger charge is -2.39. The Hall–Kier alpha value is -0.350. The zero-order chi connectivity index (χ0) is 13.1. The lowest BCUT2D eigenvalue weighted by atomic mass is 10.1. The van der Waals surface area contributed by atoms with Crippen LogP contribution in [0, 0.1) is 0 Å². The smallest absolute Gasteiger partial charge is 0.130 e. The molecule has 18 heavy (non-hydrogen) atoms. The molecule has 0 bridgehead atoms. The van der Waals surface area contributed by atoms with Gasteiger partial charge in [-0.05, 0) is 19.5 Å². The third-order valence-corrected chi connectivity index (χ3v) is 4.10. The van der Waals surface area contributed by atoms with Crippen LogP contribution in [0.1, 0.15) is 19.4 Å². The Morgan fingerprint density at radius 1 is 1.39 bits per heavy atom. The van der Waals surface area contributed by atoms with Crippen molar-refractivity contribution < 1.29 is 0 Å². The highest BCUT2D eigenvalue weighted by molar-refractivity contribution is 6.34. The van der Waals surface area contributed by atoms with Gasteiger partial charge in [-0.2, -0.15) is 0 Å². The molecule has 1 atom stereocenters. The molecule has 1 aromatic heterocycles. The first kappa shape index (κ1) is 14.1. The summed E-state index contributed by atoms with van der Waals surface area (Å²) in [5.74, 6) is 0. The summed E-state index contributed by atoms with van der Waals surface area (Å²) in [6.45, 7) is 9.74. The van der Waals surface area contributed by atoms with Gasteiger partial charge in [-0.1, -0.05) is 30.1 Å². The number of aromatic nitrogens is 1. The molecule has 0 aliphatic carbocycles. The van der Waals surface area contributed by atoms with E-state index in [1.807, 2.05) is 0 Å². The average Bonchev–Trinajstić information content (AvgIpc) is 2.33. The van der Waals surface area contributed by atoms with Gasteiger partial charge in [-0.15, -0.1) is 0 Å². The molecule has 3 nitrogen and oxygen atoms in total. The Morgan fingerprint density at radius 3 is 2.78 bits per heavy atom.